The van der Waals surface area contributed by atoms with Gasteiger partial charge in [-0.2, -0.15) is 0 Å². The molecular weight excluding hydrogens is 304 g/mol. The number of hydrogen-bond donors (Lipinski definition) is 2. The highest BCUT2D eigenvalue weighted by molar-refractivity contribution is 8.00. The molecule has 23 heavy (non-hydrogen) atoms. The van der Waals surface area contributed by atoms with E-state index in [4.69, 9.17) is 0 Å². The lowest BCUT2D eigenvalue weighted by Gasteiger charge is -2.18. The van der Waals surface area contributed by atoms with Crippen molar-refractivity contribution < 1.29 is 4.79 Å². The lowest BCUT2D eigenvalue weighted by atomic mass is 10.2. The fourth-order valence-corrected chi connectivity index (χ4v) is 3.22. The van der Waals surface area contributed by atoms with Gasteiger partial charge in [0.1, 0.15) is 0 Å². The molecule has 2 aromatic carbocycles. The molecule has 0 atom stereocenters. The molecule has 0 aliphatic carbocycles. The molecule has 0 saturated carbocycles. The van der Waals surface area contributed by atoms with Crippen LogP contribution in [-0.4, -0.2) is 10.8 Å². The van der Waals surface area contributed by atoms with Crippen molar-refractivity contribution in [3.63, 3.8) is 0 Å². The number of rotatable bonds is 4. The Morgan fingerprint density at radius 2 is 1.78 bits per heavy atom. The molecule has 0 heterocycles. The zero-order chi connectivity index (χ0) is 16.9. The average molecular weight is 328 g/mol. The van der Waals surface area contributed by atoms with E-state index in [-0.39, 0.29) is 10.8 Å². The first-order chi connectivity index (χ1) is 10.8. The number of carbonyl (C=O) groups is 1. The van der Waals surface area contributed by atoms with Crippen molar-refractivity contribution in [1.82, 2.24) is 5.32 Å². The third-order valence-corrected chi connectivity index (χ3v) is 4.27. The van der Waals surface area contributed by atoms with Crippen molar-refractivity contribution in [1.29, 1.82) is 0 Å². The van der Waals surface area contributed by atoms with Crippen molar-refractivity contribution >= 4 is 23.5 Å². The molecule has 0 bridgehead atoms. The van der Waals surface area contributed by atoms with Crippen molar-refractivity contribution in [3.05, 3.63) is 59.7 Å². The summed E-state index contributed by atoms with van der Waals surface area (Å²) >= 11 is 1.82. The maximum absolute atomic E-state index is 12.0. The Kier molecular flexibility index (Phi) is 5.72. The smallest absolute Gasteiger partial charge is 0.319 e. The number of hydrogen-bond acceptors (Lipinski definition) is 2. The van der Waals surface area contributed by atoms with Gasteiger partial charge in [0, 0.05) is 21.9 Å². The number of thioether (sulfide) groups is 1. The summed E-state index contributed by atoms with van der Waals surface area (Å²) in [6, 6.07) is 15.8. The molecule has 0 fully saturated rings. The van der Waals surface area contributed by atoms with Gasteiger partial charge in [-0.3, -0.25) is 0 Å². The van der Waals surface area contributed by atoms with Gasteiger partial charge in [-0.1, -0.05) is 51.1 Å². The van der Waals surface area contributed by atoms with Gasteiger partial charge < -0.3 is 10.6 Å². The summed E-state index contributed by atoms with van der Waals surface area (Å²) in [4.78, 5) is 13.2. The van der Waals surface area contributed by atoms with Gasteiger partial charge in [-0.05, 0) is 36.2 Å². The molecule has 0 saturated heterocycles. The molecular formula is C19H24N2OS. The summed E-state index contributed by atoms with van der Waals surface area (Å²) in [5.41, 5.74) is 2.99. The third kappa shape index (κ3) is 5.99. The summed E-state index contributed by atoms with van der Waals surface area (Å²) in [7, 11) is 0. The molecule has 4 heteroatoms. The standard InChI is InChI=1S/C19H24N2OS/c1-14-12-16(23-19(2,3)4)10-11-17(14)21-18(22)20-13-15-8-6-5-7-9-15/h5-12H,13H2,1-4H3,(H2,20,21,22). The van der Waals surface area contributed by atoms with E-state index in [1.165, 1.54) is 4.90 Å². The van der Waals surface area contributed by atoms with E-state index < -0.39 is 0 Å². The summed E-state index contributed by atoms with van der Waals surface area (Å²) < 4.78 is 0.175. The molecule has 0 unspecified atom stereocenters. The van der Waals surface area contributed by atoms with E-state index in [9.17, 15) is 4.79 Å². The lowest BCUT2D eigenvalue weighted by molar-refractivity contribution is 0.251. The minimum absolute atomic E-state index is 0.175. The molecule has 122 valence electrons. The van der Waals surface area contributed by atoms with Gasteiger partial charge in [0.05, 0.1) is 0 Å². The Bertz CT molecular complexity index is 663. The first-order valence-corrected chi connectivity index (χ1v) is 8.53. The van der Waals surface area contributed by atoms with Crippen LogP contribution in [0.4, 0.5) is 10.5 Å². The van der Waals surface area contributed by atoms with Crippen LogP contribution in [-0.2, 0) is 6.54 Å². The topological polar surface area (TPSA) is 41.1 Å². The van der Waals surface area contributed by atoms with Gasteiger partial charge in [0.2, 0.25) is 0 Å². The number of amides is 2. The van der Waals surface area contributed by atoms with Crippen LogP contribution in [0.1, 0.15) is 31.9 Å². The highest BCUT2D eigenvalue weighted by atomic mass is 32.2. The SMILES string of the molecule is Cc1cc(SC(C)(C)C)ccc1NC(=O)NCc1ccccc1. The van der Waals surface area contributed by atoms with Crippen LogP contribution >= 0.6 is 11.8 Å². The predicted molar refractivity (Wildman–Crippen MR) is 99.1 cm³/mol. The summed E-state index contributed by atoms with van der Waals surface area (Å²) in [6.07, 6.45) is 0. The molecule has 3 nitrogen and oxygen atoms in total. The summed E-state index contributed by atoms with van der Waals surface area (Å²) in [5.74, 6) is 0. The molecule has 0 spiro atoms. The maximum Gasteiger partial charge on any atom is 0.319 e. The number of nitrogens with one attached hydrogen (secondary N) is 2. The van der Waals surface area contributed by atoms with E-state index in [1.54, 1.807) is 0 Å². The third-order valence-electron chi connectivity index (χ3n) is 3.17. The number of aryl methyl sites for hydroxylation is 1. The molecule has 0 radical (unpaired) electrons. The van der Waals surface area contributed by atoms with Crippen LogP contribution in [0.3, 0.4) is 0 Å². The lowest BCUT2D eigenvalue weighted by Crippen LogP contribution is -2.28. The number of benzene rings is 2. The largest absolute Gasteiger partial charge is 0.334 e. The van der Waals surface area contributed by atoms with Crippen LogP contribution in [0.5, 0.6) is 0 Å². The Morgan fingerprint density at radius 3 is 2.39 bits per heavy atom. The van der Waals surface area contributed by atoms with E-state index in [2.05, 4.69) is 43.5 Å². The Morgan fingerprint density at radius 1 is 1.09 bits per heavy atom. The van der Waals surface area contributed by atoms with Gasteiger partial charge in [0.25, 0.3) is 0 Å². The van der Waals surface area contributed by atoms with Crippen LogP contribution < -0.4 is 10.6 Å². The predicted octanol–water partition coefficient (Wildman–Crippen LogP) is 5.21. The zero-order valence-electron chi connectivity index (χ0n) is 14.1. The van der Waals surface area contributed by atoms with Crippen molar-refractivity contribution in [3.8, 4) is 0 Å². The highest BCUT2D eigenvalue weighted by Gasteiger charge is 2.13. The molecule has 0 aliphatic heterocycles. The van der Waals surface area contributed by atoms with E-state index in [1.807, 2.05) is 55.1 Å². The fraction of sp³-hybridized carbons (Fsp3) is 0.316. The molecule has 2 amide bonds. The van der Waals surface area contributed by atoms with Crippen LogP contribution in [0, 0.1) is 6.92 Å². The summed E-state index contributed by atoms with van der Waals surface area (Å²) in [6.45, 7) is 9.10. The zero-order valence-corrected chi connectivity index (χ0v) is 15.0. The summed E-state index contributed by atoms with van der Waals surface area (Å²) in [5, 5.41) is 5.78. The quantitative estimate of drug-likeness (QED) is 0.757. The van der Waals surface area contributed by atoms with Gasteiger partial charge >= 0.3 is 6.03 Å². The number of urea groups is 1. The van der Waals surface area contributed by atoms with Gasteiger partial charge in [-0.25, -0.2) is 4.79 Å². The van der Waals surface area contributed by atoms with E-state index in [0.717, 1.165) is 16.8 Å². The minimum atomic E-state index is -0.187. The Labute approximate surface area is 142 Å². The van der Waals surface area contributed by atoms with E-state index >= 15 is 0 Å². The molecule has 2 N–H and O–H groups in total. The first-order valence-electron chi connectivity index (χ1n) is 7.72. The van der Waals surface area contributed by atoms with Gasteiger partial charge in [-0.15, -0.1) is 11.8 Å². The molecule has 0 aliphatic rings. The second-order valence-corrected chi connectivity index (χ2v) is 8.38. The van der Waals surface area contributed by atoms with Crippen molar-refractivity contribution in [2.45, 2.75) is 43.9 Å². The van der Waals surface area contributed by atoms with Crippen LogP contribution in [0.15, 0.2) is 53.4 Å². The average Bonchev–Trinajstić information content (AvgIpc) is 2.47. The molecule has 2 rings (SSSR count). The monoisotopic (exact) mass is 328 g/mol. The highest BCUT2D eigenvalue weighted by Crippen LogP contribution is 2.33. The Hall–Kier alpha value is -1.94. The molecule has 2 aromatic rings. The fourth-order valence-electron chi connectivity index (χ4n) is 2.14. The van der Waals surface area contributed by atoms with Crippen LogP contribution in [0.2, 0.25) is 0 Å². The van der Waals surface area contributed by atoms with Crippen molar-refractivity contribution in [2.24, 2.45) is 0 Å². The van der Waals surface area contributed by atoms with E-state index in [0.29, 0.717) is 6.54 Å². The second kappa shape index (κ2) is 7.55. The number of anilines is 1. The molecule has 0 aromatic heterocycles. The normalized spacial score (nSPS) is 11.1. The Balaban J connectivity index is 1.93. The first kappa shape index (κ1) is 17.4. The van der Waals surface area contributed by atoms with Gasteiger partial charge in [0.15, 0.2) is 0 Å². The second-order valence-electron chi connectivity index (χ2n) is 6.48. The maximum atomic E-state index is 12.0. The van der Waals surface area contributed by atoms with Crippen LogP contribution in [0.25, 0.3) is 0 Å². The minimum Gasteiger partial charge on any atom is -0.334 e. The van der Waals surface area contributed by atoms with Crippen molar-refractivity contribution in [2.75, 3.05) is 5.32 Å². The number of carbonyl (C=O) groups excluding carboxylic acids is 1.